The molecule has 2 aromatic heterocycles. The maximum Gasteiger partial charge on any atom is 0.256 e. The molecule has 134 valence electrons. The molecule has 0 aliphatic rings. The van der Waals surface area contributed by atoms with Crippen LogP contribution in [0.15, 0.2) is 42.5 Å². The minimum Gasteiger partial charge on any atom is -0.346 e. The topological polar surface area (TPSA) is 59.8 Å². The van der Waals surface area contributed by atoms with Crippen LogP contribution in [0.1, 0.15) is 38.6 Å². The van der Waals surface area contributed by atoms with Crippen LogP contribution in [0.2, 0.25) is 5.15 Å². The molecule has 3 rings (SSSR count). The summed E-state index contributed by atoms with van der Waals surface area (Å²) in [6.07, 6.45) is 0. The first-order chi connectivity index (χ1) is 12.4. The lowest BCUT2D eigenvalue weighted by Gasteiger charge is -2.06. The number of amides is 1. The van der Waals surface area contributed by atoms with Crippen molar-refractivity contribution in [3.63, 3.8) is 0 Å². The quantitative estimate of drug-likeness (QED) is 0.744. The highest BCUT2D eigenvalue weighted by Crippen LogP contribution is 2.21. The highest BCUT2D eigenvalue weighted by molar-refractivity contribution is 6.33. The third-order valence-electron chi connectivity index (χ3n) is 4.12. The lowest BCUT2D eigenvalue weighted by atomic mass is 10.1. The van der Waals surface area contributed by atoms with Gasteiger partial charge in [-0.3, -0.25) is 9.78 Å². The molecule has 0 spiro atoms. The first-order valence-corrected chi connectivity index (χ1v) is 8.81. The molecule has 26 heavy (non-hydrogen) atoms. The van der Waals surface area contributed by atoms with E-state index < -0.39 is 0 Å². The summed E-state index contributed by atoms with van der Waals surface area (Å²) in [5, 5.41) is 7.64. The van der Waals surface area contributed by atoms with E-state index in [1.165, 1.54) is 5.56 Å². The molecule has 0 radical (unpaired) electrons. The van der Waals surface area contributed by atoms with Gasteiger partial charge in [0.05, 0.1) is 30.0 Å². The van der Waals surface area contributed by atoms with E-state index >= 15 is 0 Å². The van der Waals surface area contributed by atoms with Crippen molar-refractivity contribution in [3.8, 4) is 0 Å². The second-order valence-corrected chi connectivity index (χ2v) is 6.71. The van der Waals surface area contributed by atoms with Crippen molar-refractivity contribution in [3.05, 3.63) is 81.4 Å². The summed E-state index contributed by atoms with van der Waals surface area (Å²) in [5.74, 6) is -0.244. The highest BCUT2D eigenvalue weighted by Gasteiger charge is 2.20. The largest absolute Gasteiger partial charge is 0.346 e. The fraction of sp³-hybridized carbons (Fsp3) is 0.250. The molecule has 0 saturated carbocycles. The predicted molar refractivity (Wildman–Crippen MR) is 102 cm³/mol. The molecule has 0 aliphatic carbocycles. The van der Waals surface area contributed by atoms with Crippen LogP contribution in [0.4, 0.5) is 0 Å². The van der Waals surface area contributed by atoms with Crippen molar-refractivity contribution >= 4 is 17.5 Å². The van der Waals surface area contributed by atoms with Crippen molar-refractivity contribution < 1.29 is 4.79 Å². The summed E-state index contributed by atoms with van der Waals surface area (Å²) in [7, 11) is 0. The second kappa shape index (κ2) is 7.70. The van der Waals surface area contributed by atoms with Crippen LogP contribution < -0.4 is 5.32 Å². The number of carbonyl (C=O) groups is 1. The van der Waals surface area contributed by atoms with Crippen molar-refractivity contribution in [2.45, 2.75) is 33.9 Å². The SMILES string of the molecule is Cc1ccc(Cn2nc(C)c(C(=O)NCc3cccc(C)n3)c2Cl)cc1. The highest BCUT2D eigenvalue weighted by atomic mass is 35.5. The van der Waals surface area contributed by atoms with Gasteiger partial charge in [0, 0.05) is 5.69 Å². The fourth-order valence-corrected chi connectivity index (χ4v) is 3.06. The Morgan fingerprint density at radius 3 is 2.54 bits per heavy atom. The third kappa shape index (κ3) is 4.11. The molecular weight excluding hydrogens is 348 g/mol. The number of pyridine rings is 1. The Morgan fingerprint density at radius 1 is 1.12 bits per heavy atom. The van der Waals surface area contributed by atoms with Gasteiger partial charge in [0.25, 0.3) is 5.91 Å². The number of carbonyl (C=O) groups excluding carboxylic acids is 1. The summed E-state index contributed by atoms with van der Waals surface area (Å²) in [6, 6.07) is 13.9. The van der Waals surface area contributed by atoms with Crippen LogP contribution in [-0.2, 0) is 13.1 Å². The van der Waals surface area contributed by atoms with E-state index in [9.17, 15) is 4.79 Å². The summed E-state index contributed by atoms with van der Waals surface area (Å²) in [6.45, 7) is 6.62. The predicted octanol–water partition coefficient (Wildman–Crippen LogP) is 3.84. The van der Waals surface area contributed by atoms with Crippen LogP contribution in [0.25, 0.3) is 0 Å². The van der Waals surface area contributed by atoms with E-state index in [-0.39, 0.29) is 5.91 Å². The van der Waals surface area contributed by atoms with E-state index in [2.05, 4.69) is 15.4 Å². The lowest BCUT2D eigenvalue weighted by Crippen LogP contribution is -2.24. The molecule has 0 unspecified atom stereocenters. The van der Waals surface area contributed by atoms with Gasteiger partial charge >= 0.3 is 0 Å². The van der Waals surface area contributed by atoms with Gasteiger partial charge in [-0.1, -0.05) is 47.5 Å². The number of rotatable bonds is 5. The molecule has 3 aromatic rings. The van der Waals surface area contributed by atoms with Crippen LogP contribution in [-0.4, -0.2) is 20.7 Å². The van der Waals surface area contributed by atoms with Gasteiger partial charge in [-0.05, 0) is 38.5 Å². The number of aryl methyl sites for hydroxylation is 3. The third-order valence-corrected chi connectivity index (χ3v) is 4.51. The lowest BCUT2D eigenvalue weighted by molar-refractivity contribution is 0.0950. The Balaban J connectivity index is 1.74. The van der Waals surface area contributed by atoms with Gasteiger partial charge in [0.2, 0.25) is 0 Å². The van der Waals surface area contributed by atoms with Gasteiger partial charge in [0.15, 0.2) is 0 Å². The van der Waals surface area contributed by atoms with Gasteiger partial charge in [-0.2, -0.15) is 5.10 Å². The Bertz CT molecular complexity index is 931. The Kier molecular flexibility index (Phi) is 5.38. The van der Waals surface area contributed by atoms with Crippen molar-refractivity contribution in [2.75, 3.05) is 0 Å². The number of benzene rings is 1. The van der Waals surface area contributed by atoms with E-state index in [1.807, 2.05) is 56.3 Å². The van der Waals surface area contributed by atoms with Gasteiger partial charge in [-0.15, -0.1) is 0 Å². The molecule has 5 nitrogen and oxygen atoms in total. The Labute approximate surface area is 158 Å². The second-order valence-electron chi connectivity index (χ2n) is 6.35. The summed E-state index contributed by atoms with van der Waals surface area (Å²) in [5.41, 5.74) is 5.01. The molecule has 1 aromatic carbocycles. The van der Waals surface area contributed by atoms with Gasteiger partial charge < -0.3 is 5.32 Å². The van der Waals surface area contributed by atoms with E-state index in [1.54, 1.807) is 11.6 Å². The molecule has 0 bridgehead atoms. The number of nitrogens with one attached hydrogen (secondary N) is 1. The normalized spacial score (nSPS) is 10.8. The number of hydrogen-bond donors (Lipinski definition) is 1. The molecule has 0 aliphatic heterocycles. The van der Waals surface area contributed by atoms with E-state index in [0.29, 0.717) is 29.5 Å². The summed E-state index contributed by atoms with van der Waals surface area (Å²) >= 11 is 6.44. The minimum atomic E-state index is -0.244. The molecule has 1 N–H and O–H groups in total. The molecule has 6 heteroatoms. The molecule has 0 fully saturated rings. The van der Waals surface area contributed by atoms with Crippen LogP contribution in [0.3, 0.4) is 0 Å². The van der Waals surface area contributed by atoms with E-state index in [0.717, 1.165) is 17.0 Å². The van der Waals surface area contributed by atoms with Crippen LogP contribution in [0, 0.1) is 20.8 Å². The molecular formula is C20H21ClN4O. The summed E-state index contributed by atoms with van der Waals surface area (Å²) in [4.78, 5) is 17.0. The van der Waals surface area contributed by atoms with Crippen LogP contribution in [0.5, 0.6) is 0 Å². The molecule has 2 heterocycles. The maximum absolute atomic E-state index is 12.6. The molecule has 0 atom stereocenters. The average molecular weight is 369 g/mol. The maximum atomic E-state index is 12.6. The fourth-order valence-electron chi connectivity index (χ4n) is 2.74. The van der Waals surface area contributed by atoms with Crippen LogP contribution >= 0.6 is 11.6 Å². The Hall–Kier alpha value is -2.66. The molecule has 0 saturated heterocycles. The van der Waals surface area contributed by atoms with Crippen molar-refractivity contribution in [1.29, 1.82) is 0 Å². The first-order valence-electron chi connectivity index (χ1n) is 8.43. The zero-order valence-electron chi connectivity index (χ0n) is 15.1. The average Bonchev–Trinajstić information content (AvgIpc) is 2.88. The molecule has 1 amide bonds. The Morgan fingerprint density at radius 2 is 1.85 bits per heavy atom. The minimum absolute atomic E-state index is 0.244. The van der Waals surface area contributed by atoms with Gasteiger partial charge in [-0.25, -0.2) is 4.68 Å². The monoisotopic (exact) mass is 368 g/mol. The number of aromatic nitrogens is 3. The van der Waals surface area contributed by atoms with Crippen molar-refractivity contribution in [1.82, 2.24) is 20.1 Å². The zero-order chi connectivity index (χ0) is 18.7. The van der Waals surface area contributed by atoms with E-state index in [4.69, 9.17) is 11.6 Å². The standard InChI is InChI=1S/C20H21ClN4O/c1-13-7-9-16(10-8-13)12-25-19(21)18(15(3)24-25)20(26)22-11-17-6-4-5-14(2)23-17/h4-10H,11-12H2,1-3H3,(H,22,26). The zero-order valence-corrected chi connectivity index (χ0v) is 15.8. The van der Waals surface area contributed by atoms with Crippen molar-refractivity contribution in [2.24, 2.45) is 0 Å². The number of halogens is 1. The number of nitrogens with zero attached hydrogens (tertiary/aromatic N) is 3. The van der Waals surface area contributed by atoms with Gasteiger partial charge in [0.1, 0.15) is 5.15 Å². The smallest absolute Gasteiger partial charge is 0.256 e. The first kappa shape index (κ1) is 18.1. The number of hydrogen-bond acceptors (Lipinski definition) is 3. The summed E-state index contributed by atoms with van der Waals surface area (Å²) < 4.78 is 1.65.